The number of Topliss-reactive ketones (excluding diaryl/α,β-unsaturated/α-hetero) is 1. The molecule has 2 aromatic carbocycles. The molecular formula is C20H16FNO4S. The Morgan fingerprint density at radius 3 is 2.56 bits per heavy atom. The monoisotopic (exact) mass is 385 g/mol. The standard InChI is InChI=1S/C20H16FNO4S/c1-11(23)13-6-3-4-8-16(13)22-19(24)12(2)26-20(25)18-10-14-15(21)7-5-9-17(14)27-18/h3-10,12H,1-2H3,(H,22,24)/t12-/m1/s1. The van der Waals surface area contributed by atoms with E-state index in [1.54, 1.807) is 36.4 Å². The lowest BCUT2D eigenvalue weighted by Gasteiger charge is -2.14. The molecule has 1 N–H and O–H groups in total. The molecular weight excluding hydrogens is 369 g/mol. The van der Waals surface area contributed by atoms with E-state index in [0.29, 0.717) is 21.3 Å². The molecule has 0 fully saturated rings. The van der Waals surface area contributed by atoms with Gasteiger partial charge < -0.3 is 10.1 Å². The Kier molecular flexibility index (Phi) is 5.32. The quantitative estimate of drug-likeness (QED) is 0.521. The SMILES string of the molecule is CC(=O)c1ccccc1NC(=O)[C@@H](C)OC(=O)c1cc2c(F)cccc2s1. The van der Waals surface area contributed by atoms with Crippen LogP contribution in [0.4, 0.5) is 10.1 Å². The molecule has 27 heavy (non-hydrogen) atoms. The minimum Gasteiger partial charge on any atom is -0.448 e. The molecule has 5 nitrogen and oxygen atoms in total. The van der Waals surface area contributed by atoms with E-state index >= 15 is 0 Å². The van der Waals surface area contributed by atoms with Gasteiger partial charge in [-0.25, -0.2) is 9.18 Å². The maximum absolute atomic E-state index is 13.8. The number of hydrogen-bond acceptors (Lipinski definition) is 5. The zero-order chi connectivity index (χ0) is 19.6. The van der Waals surface area contributed by atoms with Crippen molar-refractivity contribution >= 4 is 44.8 Å². The average molecular weight is 385 g/mol. The number of halogens is 1. The fraction of sp³-hybridized carbons (Fsp3) is 0.150. The third-order valence-electron chi connectivity index (χ3n) is 3.93. The van der Waals surface area contributed by atoms with E-state index < -0.39 is 23.8 Å². The number of rotatable bonds is 5. The smallest absolute Gasteiger partial charge is 0.349 e. The number of carbonyl (C=O) groups excluding carboxylic acids is 3. The molecule has 0 unspecified atom stereocenters. The summed E-state index contributed by atoms with van der Waals surface area (Å²) in [6.45, 7) is 2.83. The van der Waals surface area contributed by atoms with Crippen molar-refractivity contribution in [2.45, 2.75) is 20.0 Å². The summed E-state index contributed by atoms with van der Waals surface area (Å²) in [4.78, 5) is 36.5. The van der Waals surface area contributed by atoms with Gasteiger partial charge in [0.2, 0.25) is 0 Å². The molecule has 0 radical (unpaired) electrons. The van der Waals surface area contributed by atoms with Crippen molar-refractivity contribution in [2.24, 2.45) is 0 Å². The Morgan fingerprint density at radius 1 is 1.11 bits per heavy atom. The summed E-state index contributed by atoms with van der Waals surface area (Å²) in [6, 6.07) is 12.6. The summed E-state index contributed by atoms with van der Waals surface area (Å²) in [7, 11) is 0. The lowest BCUT2D eigenvalue weighted by atomic mass is 10.1. The molecule has 138 valence electrons. The average Bonchev–Trinajstić information content (AvgIpc) is 3.08. The highest BCUT2D eigenvalue weighted by Gasteiger charge is 2.22. The lowest BCUT2D eigenvalue weighted by Crippen LogP contribution is -2.30. The molecule has 1 aromatic heterocycles. The van der Waals surface area contributed by atoms with Gasteiger partial charge in [-0.1, -0.05) is 18.2 Å². The molecule has 0 aliphatic carbocycles. The fourth-order valence-corrected chi connectivity index (χ4v) is 3.49. The molecule has 1 atom stereocenters. The van der Waals surface area contributed by atoms with Gasteiger partial charge in [0.1, 0.15) is 10.7 Å². The normalized spacial score (nSPS) is 11.8. The second-order valence-corrected chi connectivity index (χ2v) is 6.98. The number of thiophene rings is 1. The summed E-state index contributed by atoms with van der Waals surface area (Å²) in [6.07, 6.45) is -1.09. The number of carbonyl (C=O) groups is 3. The molecule has 3 aromatic rings. The minimum atomic E-state index is -1.09. The van der Waals surface area contributed by atoms with E-state index in [2.05, 4.69) is 5.32 Å². The first-order chi connectivity index (χ1) is 12.9. The van der Waals surface area contributed by atoms with Crippen LogP contribution in [0.3, 0.4) is 0 Å². The molecule has 0 spiro atoms. The molecule has 0 aliphatic heterocycles. The van der Waals surface area contributed by atoms with Crippen molar-refractivity contribution < 1.29 is 23.5 Å². The van der Waals surface area contributed by atoms with Crippen LogP contribution < -0.4 is 5.32 Å². The summed E-state index contributed by atoms with van der Waals surface area (Å²) < 4.78 is 19.6. The van der Waals surface area contributed by atoms with Crippen molar-refractivity contribution in [3.63, 3.8) is 0 Å². The van der Waals surface area contributed by atoms with E-state index in [0.717, 1.165) is 11.3 Å². The van der Waals surface area contributed by atoms with Crippen LogP contribution in [0.1, 0.15) is 33.9 Å². The highest BCUT2D eigenvalue weighted by molar-refractivity contribution is 7.20. The maximum Gasteiger partial charge on any atom is 0.349 e. The number of para-hydroxylation sites is 1. The van der Waals surface area contributed by atoms with E-state index in [1.165, 1.54) is 26.0 Å². The van der Waals surface area contributed by atoms with Crippen molar-refractivity contribution in [2.75, 3.05) is 5.32 Å². The number of amides is 1. The minimum absolute atomic E-state index is 0.192. The zero-order valence-corrected chi connectivity index (χ0v) is 15.4. The van der Waals surface area contributed by atoms with Crippen molar-refractivity contribution in [1.29, 1.82) is 0 Å². The van der Waals surface area contributed by atoms with E-state index in [1.807, 2.05) is 0 Å². The number of esters is 1. The second-order valence-electron chi connectivity index (χ2n) is 5.90. The fourth-order valence-electron chi connectivity index (χ4n) is 2.53. The van der Waals surface area contributed by atoms with E-state index in [4.69, 9.17) is 4.74 Å². The topological polar surface area (TPSA) is 72.5 Å². The predicted octanol–water partition coefficient (Wildman–Crippen LogP) is 4.43. The zero-order valence-electron chi connectivity index (χ0n) is 14.6. The summed E-state index contributed by atoms with van der Waals surface area (Å²) in [5, 5.41) is 2.93. The van der Waals surface area contributed by atoms with Crippen LogP contribution in [0.5, 0.6) is 0 Å². The van der Waals surface area contributed by atoms with Crippen molar-refractivity contribution in [3.8, 4) is 0 Å². The number of benzene rings is 2. The van der Waals surface area contributed by atoms with Crippen LogP contribution in [0.2, 0.25) is 0 Å². The largest absolute Gasteiger partial charge is 0.448 e. The van der Waals surface area contributed by atoms with Crippen molar-refractivity contribution in [1.82, 2.24) is 0 Å². The first-order valence-electron chi connectivity index (χ1n) is 8.16. The molecule has 3 rings (SSSR count). The van der Waals surface area contributed by atoms with Gasteiger partial charge in [-0.15, -0.1) is 11.3 Å². The third-order valence-corrected chi connectivity index (χ3v) is 5.01. The van der Waals surface area contributed by atoms with Gasteiger partial charge in [0.25, 0.3) is 5.91 Å². The van der Waals surface area contributed by atoms with Gasteiger partial charge in [0, 0.05) is 15.6 Å². The maximum atomic E-state index is 13.8. The Hall–Kier alpha value is -3.06. The summed E-state index contributed by atoms with van der Waals surface area (Å²) >= 11 is 1.09. The Morgan fingerprint density at radius 2 is 1.85 bits per heavy atom. The number of nitrogens with one attached hydrogen (secondary N) is 1. The number of fused-ring (bicyclic) bond motifs is 1. The Bertz CT molecular complexity index is 1040. The number of hydrogen-bond donors (Lipinski definition) is 1. The number of anilines is 1. The van der Waals surface area contributed by atoms with Gasteiger partial charge in [-0.05, 0) is 44.2 Å². The number of ether oxygens (including phenoxy) is 1. The van der Waals surface area contributed by atoms with Crippen LogP contribution in [0.15, 0.2) is 48.5 Å². The molecule has 0 aliphatic rings. The van der Waals surface area contributed by atoms with Crippen LogP contribution in [-0.2, 0) is 9.53 Å². The third kappa shape index (κ3) is 4.03. The highest BCUT2D eigenvalue weighted by atomic mass is 32.1. The molecule has 0 bridgehead atoms. The van der Waals surface area contributed by atoms with Gasteiger partial charge in [-0.3, -0.25) is 9.59 Å². The molecule has 0 saturated heterocycles. The van der Waals surface area contributed by atoms with Gasteiger partial charge >= 0.3 is 5.97 Å². The van der Waals surface area contributed by atoms with Gasteiger partial charge in [-0.2, -0.15) is 0 Å². The summed E-state index contributed by atoms with van der Waals surface area (Å²) in [5.41, 5.74) is 0.714. The first kappa shape index (κ1) is 18.7. The Labute approximate surface area is 158 Å². The molecule has 1 amide bonds. The Balaban J connectivity index is 1.71. The van der Waals surface area contributed by atoms with E-state index in [9.17, 15) is 18.8 Å². The van der Waals surface area contributed by atoms with Crippen molar-refractivity contribution in [3.05, 3.63) is 64.8 Å². The lowest BCUT2D eigenvalue weighted by molar-refractivity contribution is -0.123. The van der Waals surface area contributed by atoms with Crippen LogP contribution in [0.25, 0.3) is 10.1 Å². The molecule has 0 saturated carbocycles. The second kappa shape index (κ2) is 7.67. The van der Waals surface area contributed by atoms with Gasteiger partial charge in [0.05, 0.1) is 5.69 Å². The molecule has 7 heteroatoms. The summed E-state index contributed by atoms with van der Waals surface area (Å²) in [5.74, 6) is -1.89. The van der Waals surface area contributed by atoms with E-state index in [-0.39, 0.29) is 10.7 Å². The number of ketones is 1. The van der Waals surface area contributed by atoms with Crippen LogP contribution in [-0.4, -0.2) is 23.8 Å². The van der Waals surface area contributed by atoms with Crippen LogP contribution >= 0.6 is 11.3 Å². The molecule has 1 heterocycles. The predicted molar refractivity (Wildman–Crippen MR) is 102 cm³/mol. The van der Waals surface area contributed by atoms with Crippen LogP contribution in [0, 0.1) is 5.82 Å². The highest BCUT2D eigenvalue weighted by Crippen LogP contribution is 2.28. The first-order valence-corrected chi connectivity index (χ1v) is 8.98. The van der Waals surface area contributed by atoms with Gasteiger partial charge in [0.15, 0.2) is 11.9 Å².